The van der Waals surface area contributed by atoms with Gasteiger partial charge in [0.1, 0.15) is 6.04 Å². The number of amides is 1. The van der Waals surface area contributed by atoms with Crippen LogP contribution in [0.3, 0.4) is 0 Å². The van der Waals surface area contributed by atoms with E-state index >= 15 is 0 Å². The molecule has 1 aliphatic heterocycles. The number of aromatic nitrogens is 3. The molecule has 1 amide bonds. The zero-order chi connectivity index (χ0) is 17.8. The molecular weight excluding hydrogens is 318 g/mol. The van der Waals surface area contributed by atoms with E-state index in [-0.39, 0.29) is 17.9 Å². The van der Waals surface area contributed by atoms with Gasteiger partial charge in [-0.1, -0.05) is 25.1 Å². The number of hydrogen-bond acceptors (Lipinski definition) is 6. The highest BCUT2D eigenvalue weighted by Crippen LogP contribution is 2.31. The fourth-order valence-corrected chi connectivity index (χ4v) is 3.12. The lowest BCUT2D eigenvalue weighted by Gasteiger charge is -2.25. The number of carbonyl (C=O) groups is 1. The minimum absolute atomic E-state index is 0.0955. The van der Waals surface area contributed by atoms with Gasteiger partial charge >= 0.3 is 0 Å². The summed E-state index contributed by atoms with van der Waals surface area (Å²) >= 11 is 0. The van der Waals surface area contributed by atoms with E-state index in [4.69, 9.17) is 4.52 Å². The van der Waals surface area contributed by atoms with E-state index in [9.17, 15) is 4.79 Å². The third-order valence-corrected chi connectivity index (χ3v) is 4.41. The molecule has 1 aliphatic rings. The molecule has 2 aromatic heterocycles. The summed E-state index contributed by atoms with van der Waals surface area (Å²) in [6, 6.07) is 3.82. The van der Waals surface area contributed by atoms with Crippen LogP contribution >= 0.6 is 0 Å². The molecule has 0 aliphatic carbocycles. The first-order valence-corrected chi connectivity index (χ1v) is 8.75. The van der Waals surface area contributed by atoms with Crippen molar-refractivity contribution in [2.75, 3.05) is 20.1 Å². The molecule has 7 heteroatoms. The molecule has 0 radical (unpaired) electrons. The smallest absolute Gasteiger partial charge is 0.249 e. The minimum atomic E-state index is -0.0979. The summed E-state index contributed by atoms with van der Waals surface area (Å²) in [6.07, 6.45) is 5.41. The summed E-state index contributed by atoms with van der Waals surface area (Å²) in [5.41, 5.74) is 1.09. The second-order valence-electron chi connectivity index (χ2n) is 6.92. The van der Waals surface area contributed by atoms with E-state index in [1.165, 1.54) is 0 Å². The predicted molar refractivity (Wildman–Crippen MR) is 92.6 cm³/mol. The zero-order valence-corrected chi connectivity index (χ0v) is 15.1. The monoisotopic (exact) mass is 343 g/mol. The van der Waals surface area contributed by atoms with Gasteiger partial charge in [-0.2, -0.15) is 4.98 Å². The zero-order valence-electron chi connectivity index (χ0n) is 15.1. The summed E-state index contributed by atoms with van der Waals surface area (Å²) in [5.74, 6) is 1.57. The molecular formula is C18H25N5O2. The van der Waals surface area contributed by atoms with Gasteiger partial charge in [0, 0.05) is 31.4 Å². The van der Waals surface area contributed by atoms with Crippen LogP contribution < -0.4 is 0 Å². The van der Waals surface area contributed by atoms with Crippen LogP contribution in [-0.4, -0.2) is 51.0 Å². The van der Waals surface area contributed by atoms with Crippen molar-refractivity contribution in [1.29, 1.82) is 0 Å². The highest BCUT2D eigenvalue weighted by Gasteiger charge is 2.34. The van der Waals surface area contributed by atoms with E-state index < -0.39 is 0 Å². The first kappa shape index (κ1) is 17.5. The Morgan fingerprint density at radius 2 is 2.32 bits per heavy atom. The molecule has 7 nitrogen and oxygen atoms in total. The van der Waals surface area contributed by atoms with E-state index in [1.54, 1.807) is 6.20 Å². The summed E-state index contributed by atoms with van der Waals surface area (Å²) in [4.78, 5) is 25.2. The van der Waals surface area contributed by atoms with Crippen molar-refractivity contribution in [3.05, 3.63) is 41.8 Å². The molecule has 0 aromatic carbocycles. The lowest BCUT2D eigenvalue weighted by molar-refractivity contribution is -0.133. The quantitative estimate of drug-likeness (QED) is 0.802. The maximum Gasteiger partial charge on any atom is 0.249 e. The molecule has 1 fully saturated rings. The molecule has 1 unspecified atom stereocenters. The Balaban J connectivity index is 1.62. The maximum atomic E-state index is 12.7. The Bertz CT molecular complexity index is 701. The van der Waals surface area contributed by atoms with Crippen LogP contribution in [0.15, 0.2) is 29.0 Å². The van der Waals surface area contributed by atoms with Gasteiger partial charge in [-0.15, -0.1) is 0 Å². The fourth-order valence-electron chi connectivity index (χ4n) is 3.12. The molecule has 2 aromatic rings. The van der Waals surface area contributed by atoms with E-state index in [1.807, 2.05) is 49.0 Å². The predicted octanol–water partition coefficient (Wildman–Crippen LogP) is 2.38. The molecule has 1 atom stereocenters. The van der Waals surface area contributed by atoms with Crippen molar-refractivity contribution in [3.8, 4) is 0 Å². The topological polar surface area (TPSA) is 75.4 Å². The fraction of sp³-hybridized carbons (Fsp3) is 0.556. The highest BCUT2D eigenvalue weighted by atomic mass is 16.5. The lowest BCUT2D eigenvalue weighted by Crippen LogP contribution is -2.38. The van der Waals surface area contributed by atoms with Crippen LogP contribution in [-0.2, 0) is 11.3 Å². The normalized spacial score (nSPS) is 17.6. The van der Waals surface area contributed by atoms with E-state index in [0.29, 0.717) is 24.8 Å². The lowest BCUT2D eigenvalue weighted by atomic mass is 10.2. The molecule has 0 N–H and O–H groups in total. The average Bonchev–Trinajstić information content (AvgIpc) is 3.24. The molecule has 25 heavy (non-hydrogen) atoms. The summed E-state index contributed by atoms with van der Waals surface area (Å²) in [5, 5.41) is 4.03. The second-order valence-corrected chi connectivity index (χ2v) is 6.92. The van der Waals surface area contributed by atoms with Crippen molar-refractivity contribution in [3.63, 3.8) is 0 Å². The molecule has 134 valence electrons. The van der Waals surface area contributed by atoms with Crippen molar-refractivity contribution < 1.29 is 9.32 Å². The van der Waals surface area contributed by atoms with Crippen LogP contribution in [0.1, 0.15) is 55.9 Å². The first-order valence-electron chi connectivity index (χ1n) is 8.75. The van der Waals surface area contributed by atoms with E-state index in [0.717, 1.165) is 24.9 Å². The van der Waals surface area contributed by atoms with Crippen molar-refractivity contribution in [2.45, 2.75) is 45.2 Å². The third kappa shape index (κ3) is 4.22. The van der Waals surface area contributed by atoms with Gasteiger partial charge in [0.25, 0.3) is 0 Å². The van der Waals surface area contributed by atoms with Gasteiger partial charge in [-0.05, 0) is 31.5 Å². The number of hydrogen-bond donors (Lipinski definition) is 0. The molecule has 3 rings (SSSR count). The van der Waals surface area contributed by atoms with Crippen LogP contribution in [0.25, 0.3) is 0 Å². The number of pyridine rings is 1. The van der Waals surface area contributed by atoms with Gasteiger partial charge in [-0.25, -0.2) is 0 Å². The van der Waals surface area contributed by atoms with Crippen LogP contribution in [0.5, 0.6) is 0 Å². The standard InChI is InChI=1S/C18H25N5O2/c1-13(2)17-20-18(25-21-17)15-7-5-9-23(15)16(24)12-22(3)11-14-6-4-8-19-10-14/h4,6,8,10,13,15H,5,7,9,11-12H2,1-3H3. The number of nitrogens with zero attached hydrogens (tertiary/aromatic N) is 5. The SMILES string of the molecule is CC(C)c1noc(C2CCCN2C(=O)CN(C)Cc2cccnc2)n1. The maximum absolute atomic E-state index is 12.7. The van der Waals surface area contributed by atoms with Gasteiger partial charge in [0.15, 0.2) is 5.82 Å². The highest BCUT2D eigenvalue weighted by molar-refractivity contribution is 5.79. The summed E-state index contributed by atoms with van der Waals surface area (Å²) in [7, 11) is 1.94. The Kier molecular flexibility index (Phi) is 5.43. The average molecular weight is 343 g/mol. The van der Waals surface area contributed by atoms with Crippen LogP contribution in [0.4, 0.5) is 0 Å². The molecule has 3 heterocycles. The van der Waals surface area contributed by atoms with Gasteiger partial charge in [0.05, 0.1) is 6.54 Å². The van der Waals surface area contributed by atoms with Gasteiger partial charge in [-0.3, -0.25) is 14.7 Å². The first-order chi connectivity index (χ1) is 12.0. The molecule has 0 spiro atoms. The number of likely N-dealkylation sites (N-methyl/N-ethyl adjacent to an activating group) is 1. The Labute approximate surface area is 148 Å². The molecule has 0 bridgehead atoms. The van der Waals surface area contributed by atoms with Crippen LogP contribution in [0, 0.1) is 0 Å². The largest absolute Gasteiger partial charge is 0.337 e. The summed E-state index contributed by atoms with van der Waals surface area (Å²) in [6.45, 7) is 5.84. The third-order valence-electron chi connectivity index (χ3n) is 4.41. The van der Waals surface area contributed by atoms with E-state index in [2.05, 4.69) is 15.1 Å². The summed E-state index contributed by atoms with van der Waals surface area (Å²) < 4.78 is 5.41. The second kappa shape index (κ2) is 7.74. The molecule has 0 saturated carbocycles. The number of rotatable bonds is 6. The Morgan fingerprint density at radius 1 is 1.48 bits per heavy atom. The Hall–Kier alpha value is -2.28. The van der Waals surface area contributed by atoms with Gasteiger partial charge in [0.2, 0.25) is 11.8 Å². The molecule has 1 saturated heterocycles. The van der Waals surface area contributed by atoms with Crippen molar-refractivity contribution in [2.24, 2.45) is 0 Å². The number of likely N-dealkylation sites (tertiary alicyclic amines) is 1. The Morgan fingerprint density at radius 3 is 3.00 bits per heavy atom. The van der Waals surface area contributed by atoms with Gasteiger partial charge < -0.3 is 9.42 Å². The minimum Gasteiger partial charge on any atom is -0.337 e. The number of carbonyl (C=O) groups excluding carboxylic acids is 1. The van der Waals surface area contributed by atoms with Crippen LogP contribution in [0.2, 0.25) is 0 Å². The van der Waals surface area contributed by atoms with Crippen molar-refractivity contribution in [1.82, 2.24) is 24.9 Å². The van der Waals surface area contributed by atoms with Crippen molar-refractivity contribution >= 4 is 5.91 Å².